The van der Waals surface area contributed by atoms with Gasteiger partial charge in [-0.2, -0.15) is 0 Å². The quantitative estimate of drug-likeness (QED) is 0.869. The van der Waals surface area contributed by atoms with Crippen LogP contribution in [0, 0.1) is 6.92 Å². The highest BCUT2D eigenvalue weighted by atomic mass is 16.4. The van der Waals surface area contributed by atoms with E-state index in [0.29, 0.717) is 5.69 Å². The van der Waals surface area contributed by atoms with Crippen molar-refractivity contribution in [1.82, 2.24) is 9.55 Å². The number of aryl methyl sites for hydroxylation is 1. The van der Waals surface area contributed by atoms with Gasteiger partial charge in [-0.3, -0.25) is 9.36 Å². The molecule has 2 rings (SSSR count). The highest BCUT2D eigenvalue weighted by molar-refractivity contribution is 5.94. The number of rotatable bonds is 4. The molecular formula is C14H13N3O4. The van der Waals surface area contributed by atoms with Crippen molar-refractivity contribution >= 4 is 17.6 Å². The Bertz CT molecular complexity index is 752. The largest absolute Gasteiger partial charge is 0.478 e. The van der Waals surface area contributed by atoms with Crippen LogP contribution in [0.5, 0.6) is 0 Å². The van der Waals surface area contributed by atoms with Crippen LogP contribution in [0.4, 0.5) is 5.69 Å². The van der Waals surface area contributed by atoms with Crippen LogP contribution >= 0.6 is 0 Å². The summed E-state index contributed by atoms with van der Waals surface area (Å²) in [6.07, 6.45) is 2.80. The Labute approximate surface area is 119 Å². The molecule has 0 spiro atoms. The highest BCUT2D eigenvalue weighted by Gasteiger charge is 2.10. The number of carbonyl (C=O) groups is 2. The zero-order valence-electron chi connectivity index (χ0n) is 11.2. The fraction of sp³-hybridized carbons (Fsp3) is 0.143. The summed E-state index contributed by atoms with van der Waals surface area (Å²) >= 11 is 0. The summed E-state index contributed by atoms with van der Waals surface area (Å²) in [6, 6.07) is 5.99. The van der Waals surface area contributed by atoms with Crippen LogP contribution in [0.2, 0.25) is 0 Å². The van der Waals surface area contributed by atoms with E-state index in [4.69, 9.17) is 5.11 Å². The minimum atomic E-state index is -1.08. The van der Waals surface area contributed by atoms with Crippen LogP contribution in [-0.2, 0) is 11.3 Å². The molecule has 21 heavy (non-hydrogen) atoms. The Morgan fingerprint density at radius 1 is 1.38 bits per heavy atom. The maximum Gasteiger partial charge on any atom is 0.347 e. The van der Waals surface area contributed by atoms with E-state index >= 15 is 0 Å². The number of nitrogens with zero attached hydrogens (tertiary/aromatic N) is 2. The Kier molecular flexibility index (Phi) is 4.13. The molecule has 0 aliphatic heterocycles. The Balaban J connectivity index is 2.16. The number of benzene rings is 1. The molecule has 0 atom stereocenters. The molecule has 0 aliphatic carbocycles. The van der Waals surface area contributed by atoms with Gasteiger partial charge in [-0.15, -0.1) is 0 Å². The highest BCUT2D eigenvalue weighted by Crippen LogP contribution is 2.17. The summed E-state index contributed by atoms with van der Waals surface area (Å²) < 4.78 is 1.16. The summed E-state index contributed by atoms with van der Waals surface area (Å²) in [5.74, 6) is -1.51. The van der Waals surface area contributed by atoms with Gasteiger partial charge in [-0.05, 0) is 30.7 Å². The number of carboxylic acid groups (broad SMARTS) is 1. The lowest BCUT2D eigenvalue weighted by molar-refractivity contribution is -0.116. The molecule has 1 heterocycles. The lowest BCUT2D eigenvalue weighted by Gasteiger charge is -2.10. The van der Waals surface area contributed by atoms with E-state index in [0.717, 1.165) is 10.1 Å². The number of carbonyl (C=O) groups excluding carboxylic acids is 1. The molecule has 7 heteroatoms. The van der Waals surface area contributed by atoms with Crippen molar-refractivity contribution in [2.24, 2.45) is 0 Å². The first-order valence-corrected chi connectivity index (χ1v) is 6.12. The third-order valence-electron chi connectivity index (χ3n) is 2.86. The zero-order valence-corrected chi connectivity index (χ0v) is 11.2. The number of aromatic carboxylic acids is 1. The van der Waals surface area contributed by atoms with E-state index in [9.17, 15) is 14.4 Å². The topological polar surface area (TPSA) is 101 Å². The fourth-order valence-corrected chi connectivity index (χ4v) is 1.74. The summed E-state index contributed by atoms with van der Waals surface area (Å²) in [7, 11) is 0. The summed E-state index contributed by atoms with van der Waals surface area (Å²) in [5.41, 5.74) is 0.682. The van der Waals surface area contributed by atoms with Crippen molar-refractivity contribution in [3.05, 3.63) is 58.3 Å². The van der Waals surface area contributed by atoms with Crippen molar-refractivity contribution in [3.8, 4) is 0 Å². The van der Waals surface area contributed by atoms with Crippen molar-refractivity contribution in [2.75, 3.05) is 5.32 Å². The molecule has 1 aromatic carbocycles. The standard InChI is InChI=1S/C14H13N3O4/c1-9-3-4-10(13(19)20)7-11(9)16-12(18)8-17-6-2-5-15-14(17)21/h2-7H,8H2,1H3,(H,16,18)(H,19,20). The second-order valence-corrected chi connectivity index (χ2v) is 4.41. The maximum absolute atomic E-state index is 11.9. The van der Waals surface area contributed by atoms with E-state index in [2.05, 4.69) is 10.3 Å². The molecule has 2 N–H and O–H groups in total. The first-order chi connectivity index (χ1) is 9.97. The molecule has 0 saturated carbocycles. The number of hydrogen-bond acceptors (Lipinski definition) is 4. The third kappa shape index (κ3) is 3.53. The summed E-state index contributed by atoms with van der Waals surface area (Å²) in [5, 5.41) is 11.5. The van der Waals surface area contributed by atoms with E-state index in [-0.39, 0.29) is 12.1 Å². The van der Waals surface area contributed by atoms with Gasteiger partial charge in [0.25, 0.3) is 0 Å². The van der Waals surface area contributed by atoms with Crippen LogP contribution in [0.1, 0.15) is 15.9 Å². The van der Waals surface area contributed by atoms with Crippen LogP contribution in [0.15, 0.2) is 41.5 Å². The minimum Gasteiger partial charge on any atom is -0.478 e. The van der Waals surface area contributed by atoms with Gasteiger partial charge in [0, 0.05) is 18.1 Å². The SMILES string of the molecule is Cc1ccc(C(=O)O)cc1NC(=O)Cn1cccnc1=O. The average Bonchev–Trinajstić information content (AvgIpc) is 2.43. The molecule has 0 saturated heterocycles. The average molecular weight is 287 g/mol. The van der Waals surface area contributed by atoms with Gasteiger partial charge in [0.15, 0.2) is 0 Å². The molecule has 0 aliphatic rings. The van der Waals surface area contributed by atoms with Gasteiger partial charge in [-0.25, -0.2) is 14.6 Å². The second kappa shape index (κ2) is 6.00. The number of anilines is 1. The molecule has 1 amide bonds. The van der Waals surface area contributed by atoms with E-state index < -0.39 is 17.6 Å². The molecule has 7 nitrogen and oxygen atoms in total. The van der Waals surface area contributed by atoms with Gasteiger partial charge >= 0.3 is 11.7 Å². The summed E-state index contributed by atoms with van der Waals surface area (Å²) in [4.78, 5) is 37.8. The molecular weight excluding hydrogens is 274 g/mol. The van der Waals surface area contributed by atoms with Crippen molar-refractivity contribution < 1.29 is 14.7 Å². The lowest BCUT2D eigenvalue weighted by Crippen LogP contribution is -2.28. The van der Waals surface area contributed by atoms with Crippen LogP contribution in [0.25, 0.3) is 0 Å². The molecule has 0 fully saturated rings. The first-order valence-electron chi connectivity index (χ1n) is 6.12. The molecule has 2 aromatic rings. The van der Waals surface area contributed by atoms with E-state index in [1.807, 2.05) is 0 Å². The first kappa shape index (κ1) is 14.4. The number of hydrogen-bond donors (Lipinski definition) is 2. The smallest absolute Gasteiger partial charge is 0.347 e. The van der Waals surface area contributed by atoms with Crippen molar-refractivity contribution in [1.29, 1.82) is 0 Å². The molecule has 108 valence electrons. The predicted molar refractivity (Wildman–Crippen MR) is 75.3 cm³/mol. The molecule has 0 bridgehead atoms. The molecule has 1 aromatic heterocycles. The number of amides is 1. The monoisotopic (exact) mass is 287 g/mol. The second-order valence-electron chi connectivity index (χ2n) is 4.41. The van der Waals surface area contributed by atoms with Crippen LogP contribution in [0.3, 0.4) is 0 Å². The van der Waals surface area contributed by atoms with Crippen LogP contribution in [-0.4, -0.2) is 26.5 Å². The van der Waals surface area contributed by atoms with Gasteiger partial charge < -0.3 is 10.4 Å². The van der Waals surface area contributed by atoms with E-state index in [1.54, 1.807) is 19.1 Å². The van der Waals surface area contributed by atoms with Gasteiger partial charge in [-0.1, -0.05) is 6.07 Å². The lowest BCUT2D eigenvalue weighted by atomic mass is 10.1. The van der Waals surface area contributed by atoms with Gasteiger partial charge in [0.1, 0.15) is 6.54 Å². The maximum atomic E-state index is 11.9. The van der Waals surface area contributed by atoms with Crippen molar-refractivity contribution in [2.45, 2.75) is 13.5 Å². The summed E-state index contributed by atoms with van der Waals surface area (Å²) in [6.45, 7) is 1.56. The zero-order chi connectivity index (χ0) is 15.4. The van der Waals surface area contributed by atoms with Crippen molar-refractivity contribution in [3.63, 3.8) is 0 Å². The Morgan fingerprint density at radius 3 is 2.81 bits per heavy atom. The molecule has 0 radical (unpaired) electrons. The normalized spacial score (nSPS) is 10.1. The number of carboxylic acids is 1. The number of aromatic nitrogens is 2. The van der Waals surface area contributed by atoms with E-state index in [1.165, 1.54) is 24.5 Å². The number of nitrogens with one attached hydrogen (secondary N) is 1. The van der Waals surface area contributed by atoms with Gasteiger partial charge in [0.05, 0.1) is 5.56 Å². The minimum absolute atomic E-state index is 0.0782. The molecule has 0 unspecified atom stereocenters. The fourth-order valence-electron chi connectivity index (χ4n) is 1.74. The van der Waals surface area contributed by atoms with Gasteiger partial charge in [0.2, 0.25) is 5.91 Å². The Hall–Kier alpha value is -2.96. The third-order valence-corrected chi connectivity index (χ3v) is 2.86. The predicted octanol–water partition coefficient (Wildman–Crippen LogP) is 0.889. The Morgan fingerprint density at radius 2 is 2.14 bits per heavy atom. The van der Waals surface area contributed by atoms with Crippen LogP contribution < -0.4 is 11.0 Å².